The first-order valence-corrected chi connectivity index (χ1v) is 21.9. The number of para-hydroxylation sites is 4. The predicted octanol–water partition coefficient (Wildman–Crippen LogP) is 11.2. The third kappa shape index (κ3) is 4.55. The molecule has 272 valence electrons. The summed E-state index contributed by atoms with van der Waals surface area (Å²) in [5.41, 5.74) is 8.60. The molecule has 3 heterocycles. The molecule has 9 aromatic carbocycles. The van der Waals surface area contributed by atoms with Crippen LogP contribution in [0.3, 0.4) is 0 Å². The summed E-state index contributed by atoms with van der Waals surface area (Å²) in [7, 11) is -2.71. The van der Waals surface area contributed by atoms with Crippen molar-refractivity contribution in [3.63, 3.8) is 0 Å². The second-order valence-corrected chi connectivity index (χ2v) is 19.0. The van der Waals surface area contributed by atoms with E-state index in [4.69, 9.17) is 4.42 Å². The van der Waals surface area contributed by atoms with E-state index >= 15 is 0 Å². The van der Waals surface area contributed by atoms with Crippen LogP contribution in [0.15, 0.2) is 223 Å². The molecule has 0 aliphatic carbocycles. The molecule has 4 heteroatoms. The fraction of sp³-hybridized carbons (Fsp3) is 0. The van der Waals surface area contributed by atoms with Gasteiger partial charge < -0.3 is 13.6 Å². The maximum atomic E-state index is 6.98. The zero-order valence-electron chi connectivity index (χ0n) is 31.6. The summed E-state index contributed by atoms with van der Waals surface area (Å²) in [5.74, 6) is 0. The monoisotopic (exact) mass is 756 g/mol. The van der Waals surface area contributed by atoms with Crippen LogP contribution in [-0.4, -0.2) is 17.2 Å². The molecule has 0 unspecified atom stereocenters. The van der Waals surface area contributed by atoms with Crippen molar-refractivity contribution < 1.29 is 4.42 Å². The van der Waals surface area contributed by atoms with Crippen molar-refractivity contribution in [3.8, 4) is 11.4 Å². The number of benzene rings is 9. The van der Waals surface area contributed by atoms with Crippen LogP contribution in [0.1, 0.15) is 0 Å². The van der Waals surface area contributed by atoms with Crippen molar-refractivity contribution in [3.05, 3.63) is 218 Å². The molecule has 58 heavy (non-hydrogen) atoms. The molecule has 0 aliphatic rings. The van der Waals surface area contributed by atoms with E-state index in [1.807, 2.05) is 0 Å². The summed E-state index contributed by atoms with van der Waals surface area (Å²) in [6.45, 7) is 0. The lowest BCUT2D eigenvalue weighted by Gasteiger charge is -2.34. The summed E-state index contributed by atoms with van der Waals surface area (Å²) >= 11 is 0. The summed E-state index contributed by atoms with van der Waals surface area (Å²) in [6, 6.07) is 79.9. The van der Waals surface area contributed by atoms with Gasteiger partial charge in [-0.05, 0) is 63.2 Å². The van der Waals surface area contributed by atoms with Gasteiger partial charge in [0.2, 0.25) is 0 Å². The number of furan rings is 1. The molecule has 0 saturated heterocycles. The Morgan fingerprint density at radius 2 is 0.724 bits per heavy atom. The Balaban J connectivity index is 1.23. The fourth-order valence-electron chi connectivity index (χ4n) is 9.92. The lowest BCUT2D eigenvalue weighted by atomic mass is 10.0. The number of hydrogen-bond acceptors (Lipinski definition) is 1. The Morgan fingerprint density at radius 3 is 1.29 bits per heavy atom. The first-order chi connectivity index (χ1) is 28.8. The maximum Gasteiger partial charge on any atom is 0.179 e. The van der Waals surface area contributed by atoms with Gasteiger partial charge in [-0.3, -0.25) is 0 Å². The van der Waals surface area contributed by atoms with Crippen LogP contribution in [0.4, 0.5) is 0 Å². The van der Waals surface area contributed by atoms with Crippen molar-refractivity contribution in [2.24, 2.45) is 0 Å². The summed E-state index contributed by atoms with van der Waals surface area (Å²) in [4.78, 5) is 0. The highest BCUT2D eigenvalue weighted by atomic mass is 28.3. The summed E-state index contributed by atoms with van der Waals surface area (Å²) in [5, 5.41) is 12.5. The van der Waals surface area contributed by atoms with Gasteiger partial charge in [-0.15, -0.1) is 0 Å². The van der Waals surface area contributed by atoms with Crippen LogP contribution in [0.2, 0.25) is 0 Å². The molecule has 0 aliphatic heterocycles. The molecule has 3 aromatic heterocycles. The highest BCUT2D eigenvalue weighted by Gasteiger charge is 2.41. The van der Waals surface area contributed by atoms with Crippen molar-refractivity contribution in [1.29, 1.82) is 0 Å². The smallest absolute Gasteiger partial charge is 0.179 e. The van der Waals surface area contributed by atoms with E-state index in [1.54, 1.807) is 0 Å². The average molecular weight is 757 g/mol. The van der Waals surface area contributed by atoms with E-state index in [0.29, 0.717) is 0 Å². The Morgan fingerprint density at radius 1 is 0.310 bits per heavy atom. The number of hydrogen-bond donors (Lipinski definition) is 0. The Bertz CT molecular complexity index is 3380. The zero-order chi connectivity index (χ0) is 38.2. The van der Waals surface area contributed by atoms with Gasteiger partial charge in [0.15, 0.2) is 13.7 Å². The van der Waals surface area contributed by atoms with Crippen molar-refractivity contribution in [2.75, 3.05) is 0 Å². The van der Waals surface area contributed by atoms with Crippen LogP contribution in [-0.2, 0) is 0 Å². The molecule has 0 atom stereocenters. The molecule has 0 bridgehead atoms. The lowest BCUT2D eigenvalue weighted by molar-refractivity contribution is 0.671. The molecular weight excluding hydrogens is 721 g/mol. The largest absolute Gasteiger partial charge is 0.454 e. The Kier molecular flexibility index (Phi) is 7.25. The van der Waals surface area contributed by atoms with E-state index in [9.17, 15) is 0 Å². The molecule has 0 spiro atoms. The van der Waals surface area contributed by atoms with Crippen LogP contribution < -0.4 is 20.7 Å². The van der Waals surface area contributed by atoms with Gasteiger partial charge in [0.1, 0.15) is 5.58 Å². The molecule has 0 amide bonds. The average Bonchev–Trinajstić information content (AvgIpc) is 3.97. The molecule has 0 N–H and O–H groups in total. The molecule has 0 saturated carbocycles. The lowest BCUT2D eigenvalue weighted by Crippen LogP contribution is -2.74. The van der Waals surface area contributed by atoms with E-state index in [1.165, 1.54) is 53.3 Å². The van der Waals surface area contributed by atoms with Gasteiger partial charge in [0.25, 0.3) is 0 Å². The van der Waals surface area contributed by atoms with E-state index < -0.39 is 8.07 Å². The number of nitrogens with zero attached hydrogens (tertiary/aromatic N) is 2. The highest BCUT2D eigenvalue weighted by molar-refractivity contribution is 7.19. The fourth-order valence-corrected chi connectivity index (χ4v) is 14.7. The normalized spacial score (nSPS) is 12.1. The number of aromatic nitrogens is 2. The highest BCUT2D eigenvalue weighted by Crippen LogP contribution is 2.49. The predicted molar refractivity (Wildman–Crippen MR) is 246 cm³/mol. The third-order valence-electron chi connectivity index (χ3n) is 12.2. The Hall–Kier alpha value is -7.40. The van der Waals surface area contributed by atoms with Gasteiger partial charge in [0, 0.05) is 43.7 Å². The minimum atomic E-state index is -2.71. The van der Waals surface area contributed by atoms with E-state index in [-0.39, 0.29) is 0 Å². The van der Waals surface area contributed by atoms with Crippen LogP contribution in [0.25, 0.3) is 76.9 Å². The van der Waals surface area contributed by atoms with Crippen LogP contribution in [0, 0.1) is 0 Å². The SMILES string of the molecule is c1ccc(-n2c3ccccc3c3c2c2oc4ccccc4c2c2c4ccccc4n(-c4ccc([Si](c5ccccc5)(c5ccccc5)c5ccccc5)cc4)c23)cc1. The van der Waals surface area contributed by atoms with Gasteiger partial charge >= 0.3 is 0 Å². The van der Waals surface area contributed by atoms with Crippen molar-refractivity contribution >= 4 is 94.4 Å². The van der Waals surface area contributed by atoms with Gasteiger partial charge in [-0.1, -0.05) is 176 Å². The second kappa shape index (κ2) is 12.8. The molecule has 0 radical (unpaired) electrons. The zero-order valence-corrected chi connectivity index (χ0v) is 32.6. The van der Waals surface area contributed by atoms with E-state index in [2.05, 4.69) is 228 Å². The molecule has 12 rings (SSSR count). The first-order valence-electron chi connectivity index (χ1n) is 19.9. The molecule has 0 fully saturated rings. The van der Waals surface area contributed by atoms with Gasteiger partial charge in [0.05, 0.1) is 22.1 Å². The number of fused-ring (bicyclic) bond motifs is 12. The van der Waals surface area contributed by atoms with Gasteiger partial charge in [-0.2, -0.15) is 0 Å². The van der Waals surface area contributed by atoms with Crippen LogP contribution >= 0.6 is 0 Å². The molecule has 3 nitrogen and oxygen atoms in total. The third-order valence-corrected chi connectivity index (χ3v) is 17.0. The minimum absolute atomic E-state index is 0.890. The molecular formula is C54H36N2OSi. The number of rotatable bonds is 6. The van der Waals surface area contributed by atoms with Gasteiger partial charge in [-0.25, -0.2) is 0 Å². The van der Waals surface area contributed by atoms with Crippen molar-refractivity contribution in [1.82, 2.24) is 9.13 Å². The first kappa shape index (κ1) is 32.8. The maximum absolute atomic E-state index is 6.98. The second-order valence-electron chi connectivity index (χ2n) is 15.2. The quantitative estimate of drug-likeness (QED) is 0.122. The molecule has 12 aromatic rings. The topological polar surface area (TPSA) is 23.0 Å². The van der Waals surface area contributed by atoms with Crippen LogP contribution in [0.5, 0.6) is 0 Å². The summed E-state index contributed by atoms with van der Waals surface area (Å²) in [6.07, 6.45) is 0. The van der Waals surface area contributed by atoms with Crippen molar-refractivity contribution in [2.45, 2.75) is 0 Å². The Labute approximate surface area is 336 Å². The minimum Gasteiger partial charge on any atom is -0.454 e. The van der Waals surface area contributed by atoms with E-state index in [0.717, 1.165) is 44.3 Å². The summed E-state index contributed by atoms with van der Waals surface area (Å²) < 4.78 is 11.9. The standard InChI is InChI=1S/C54H36N2OSi/c1-5-19-37(20-6-1)56-47-31-17-14-28-44(47)51-52-49(50-45-29-15-18-32-48(45)57-54(50)53(51)56)43-27-13-16-30-46(43)55(52)38-33-35-42(36-34-38)58(39-21-7-2-8-22-39,40-23-9-3-10-24-40)41-25-11-4-12-26-41/h1-36H.